The topological polar surface area (TPSA) is 296 Å². The van der Waals surface area contributed by atoms with Crippen molar-refractivity contribution in [2.45, 2.75) is 202 Å². The van der Waals surface area contributed by atoms with Crippen LogP contribution < -0.4 is 0 Å². The first-order chi connectivity index (χ1) is 30.4. The molecule has 5 aliphatic heterocycles. The predicted molar refractivity (Wildman–Crippen MR) is 217 cm³/mol. The van der Waals surface area contributed by atoms with Crippen LogP contribution in [0.2, 0.25) is 0 Å². The van der Waals surface area contributed by atoms with Gasteiger partial charge in [0.25, 0.3) is 0 Å². The molecule has 19 nitrogen and oxygen atoms in total. The lowest BCUT2D eigenvalue weighted by molar-refractivity contribution is -0.393. The molecule has 4 aliphatic carbocycles. The van der Waals surface area contributed by atoms with Crippen LogP contribution in [0.4, 0.5) is 0 Å². The van der Waals surface area contributed by atoms with Crippen LogP contribution in [0.5, 0.6) is 0 Å². The summed E-state index contributed by atoms with van der Waals surface area (Å²) >= 11 is 0. The summed E-state index contributed by atoms with van der Waals surface area (Å²) in [6, 6.07) is 0. The van der Waals surface area contributed by atoms with Gasteiger partial charge in [-0.2, -0.15) is 0 Å². The fourth-order valence-corrected chi connectivity index (χ4v) is 14.7. The van der Waals surface area contributed by atoms with Gasteiger partial charge >= 0.3 is 0 Å². The highest BCUT2D eigenvalue weighted by molar-refractivity contribution is 5.16. The number of rotatable bonds is 9. The molecule has 0 amide bonds. The summed E-state index contributed by atoms with van der Waals surface area (Å²) in [7, 11) is 0. The molecule has 0 aromatic carbocycles. The SMILES string of the molecule is CC1CC[C@@]2(OC1)O[C@H]1C[C@H]3[C@@H]4CC[C@@H]5C[C@@H](O[C@@H]6O[C@H](CO)[C@H](O[C@@H]7O[C@H](CO)[C@@H](O)[C@H](O)[C@H]7O)[C@H](O)[C@H]6O[C@@H]6O[C@H](CO)[C@@H](O)[C@H](O)[C@H]6O)[C@@H](O)C[C@]5(C)[C@H]4CC[C@]3(C)[C@H]1[C@@H]2C. The van der Waals surface area contributed by atoms with Crippen molar-refractivity contribution in [1.29, 1.82) is 0 Å². The van der Waals surface area contributed by atoms with Crippen LogP contribution in [0.15, 0.2) is 0 Å². The Bertz CT molecular complexity index is 1600. The predicted octanol–water partition coefficient (Wildman–Crippen LogP) is -1.76. The molecule has 5 heterocycles. The lowest BCUT2D eigenvalue weighted by Crippen LogP contribution is -2.67. The molecule has 0 aromatic rings. The molecule has 9 aliphatic rings. The zero-order chi connectivity index (χ0) is 45.8. The first-order valence-electron chi connectivity index (χ1n) is 23.9. The molecule has 0 bridgehead atoms. The Balaban J connectivity index is 0.921. The highest BCUT2D eigenvalue weighted by atomic mass is 16.8. The smallest absolute Gasteiger partial charge is 0.187 e. The van der Waals surface area contributed by atoms with E-state index in [0.717, 1.165) is 51.6 Å². The van der Waals surface area contributed by atoms with Gasteiger partial charge in [-0.25, -0.2) is 0 Å². The van der Waals surface area contributed by atoms with E-state index >= 15 is 0 Å². The van der Waals surface area contributed by atoms with Crippen molar-refractivity contribution in [2.75, 3.05) is 26.4 Å². The molecule has 368 valence electrons. The highest BCUT2D eigenvalue weighted by Crippen LogP contribution is 2.71. The third-order valence-electron chi connectivity index (χ3n) is 18.3. The second-order valence-electron chi connectivity index (χ2n) is 21.7. The van der Waals surface area contributed by atoms with Crippen molar-refractivity contribution in [3.8, 4) is 0 Å². The molecule has 1 unspecified atom stereocenters. The van der Waals surface area contributed by atoms with E-state index in [0.29, 0.717) is 48.3 Å². The monoisotopic (exact) mass is 918 g/mol. The maximum Gasteiger partial charge on any atom is 0.187 e. The van der Waals surface area contributed by atoms with Crippen LogP contribution in [0.25, 0.3) is 0 Å². The molecule has 64 heavy (non-hydrogen) atoms. The Kier molecular flexibility index (Phi) is 13.7. The van der Waals surface area contributed by atoms with Gasteiger partial charge in [-0.05, 0) is 97.7 Å². The average molecular weight is 919 g/mol. The van der Waals surface area contributed by atoms with Crippen molar-refractivity contribution in [1.82, 2.24) is 0 Å². The van der Waals surface area contributed by atoms with Crippen LogP contribution in [0, 0.1) is 52.3 Å². The van der Waals surface area contributed by atoms with Gasteiger partial charge < -0.3 is 94.1 Å². The van der Waals surface area contributed by atoms with Crippen molar-refractivity contribution in [3.05, 3.63) is 0 Å². The zero-order valence-electron chi connectivity index (χ0n) is 37.3. The first-order valence-corrected chi connectivity index (χ1v) is 23.9. The van der Waals surface area contributed by atoms with Gasteiger partial charge in [0.2, 0.25) is 0 Å². The minimum atomic E-state index is -1.89. The van der Waals surface area contributed by atoms with Gasteiger partial charge in [0, 0.05) is 12.3 Å². The molecule has 28 atom stereocenters. The summed E-state index contributed by atoms with van der Waals surface area (Å²) in [4.78, 5) is 0. The molecule has 4 saturated carbocycles. The van der Waals surface area contributed by atoms with Crippen LogP contribution in [-0.2, 0) is 37.9 Å². The fourth-order valence-electron chi connectivity index (χ4n) is 14.7. The van der Waals surface area contributed by atoms with Gasteiger partial charge in [0.15, 0.2) is 24.7 Å². The normalized spacial score (nSPS) is 58.6. The minimum absolute atomic E-state index is 0.131. The van der Waals surface area contributed by atoms with Crippen LogP contribution in [-0.4, -0.2) is 199 Å². The number of fused-ring (bicyclic) bond motifs is 7. The Labute approximate surface area is 373 Å². The molecule has 9 fully saturated rings. The molecule has 9 rings (SSSR count). The molecule has 0 radical (unpaired) electrons. The van der Waals surface area contributed by atoms with Crippen molar-refractivity contribution in [2.24, 2.45) is 52.3 Å². The van der Waals surface area contributed by atoms with Crippen LogP contribution in [0.3, 0.4) is 0 Å². The first kappa shape index (κ1) is 48.3. The number of aliphatic hydroxyl groups excluding tert-OH is 11. The van der Waals surface area contributed by atoms with E-state index in [1.165, 1.54) is 0 Å². The summed E-state index contributed by atoms with van der Waals surface area (Å²) in [5.74, 6) is 2.32. The van der Waals surface area contributed by atoms with E-state index < -0.39 is 130 Å². The van der Waals surface area contributed by atoms with Gasteiger partial charge in [-0.15, -0.1) is 0 Å². The van der Waals surface area contributed by atoms with E-state index in [4.69, 9.17) is 37.9 Å². The summed E-state index contributed by atoms with van der Waals surface area (Å²) < 4.78 is 49.4. The van der Waals surface area contributed by atoms with E-state index in [9.17, 15) is 56.2 Å². The molecule has 5 saturated heterocycles. The number of ether oxygens (including phenoxy) is 8. The van der Waals surface area contributed by atoms with E-state index in [2.05, 4.69) is 27.7 Å². The second kappa shape index (κ2) is 18.2. The van der Waals surface area contributed by atoms with Gasteiger partial charge in [-0.3, -0.25) is 0 Å². The Morgan fingerprint density at radius 2 is 1.19 bits per heavy atom. The van der Waals surface area contributed by atoms with Gasteiger partial charge in [-0.1, -0.05) is 27.7 Å². The molecule has 11 N–H and O–H groups in total. The molecular weight excluding hydrogens is 844 g/mol. The third kappa shape index (κ3) is 7.85. The highest BCUT2D eigenvalue weighted by Gasteiger charge is 2.70. The third-order valence-corrected chi connectivity index (χ3v) is 18.3. The second-order valence-corrected chi connectivity index (χ2v) is 21.7. The molecule has 1 spiro atoms. The number of hydrogen-bond acceptors (Lipinski definition) is 19. The lowest BCUT2D eigenvalue weighted by Gasteiger charge is -2.62. The molecule has 19 heteroatoms. The number of hydrogen-bond donors (Lipinski definition) is 11. The van der Waals surface area contributed by atoms with E-state index in [-0.39, 0.29) is 22.9 Å². The maximum atomic E-state index is 12.1. The largest absolute Gasteiger partial charge is 0.394 e. The van der Waals surface area contributed by atoms with Crippen molar-refractivity contribution < 1.29 is 94.1 Å². The van der Waals surface area contributed by atoms with E-state index in [1.807, 2.05) is 0 Å². The van der Waals surface area contributed by atoms with Crippen LogP contribution in [0.1, 0.15) is 85.5 Å². The quantitative estimate of drug-likeness (QED) is 0.114. The summed E-state index contributed by atoms with van der Waals surface area (Å²) in [6.07, 6.45) is -18.8. The molecule has 0 aromatic heterocycles. The fraction of sp³-hybridized carbons (Fsp3) is 1.00. The molecular formula is C45H74O19. The van der Waals surface area contributed by atoms with E-state index in [1.54, 1.807) is 0 Å². The lowest BCUT2D eigenvalue weighted by atomic mass is 9.44. The standard InChI is InChI=1S/C45H74O19/c1-18-7-10-45(57-17-18)19(2)30-26(64-45)12-23-21-6-5-20-11-25(24(49)13-44(20,4)22(21)8-9-43(23,30)3)58-42-39(63-41-36(55)34(53)32(51)28(15-47)60-41)37(56)38(29(16-48)61-42)62-40-35(54)33(52)31(50)27(14-46)59-40/h18-42,46-56H,5-17H2,1-4H3/t18?,19-,20+,21+,22-,23-,24-,25+,26-,27+,28+,29+,30-,31+,32+,33-,34-,35+,36+,37-,38-,39+,40-,41-,42+,43-,44-,45+/m0/s1. The summed E-state index contributed by atoms with van der Waals surface area (Å²) in [5.41, 5.74) is -0.0687. The van der Waals surface area contributed by atoms with Crippen molar-refractivity contribution in [3.63, 3.8) is 0 Å². The van der Waals surface area contributed by atoms with Crippen molar-refractivity contribution >= 4 is 0 Å². The van der Waals surface area contributed by atoms with Gasteiger partial charge in [0.1, 0.15) is 73.2 Å². The Hall–Kier alpha value is -0.760. The zero-order valence-corrected chi connectivity index (χ0v) is 37.3. The Morgan fingerprint density at radius 3 is 1.78 bits per heavy atom. The maximum absolute atomic E-state index is 12.1. The summed E-state index contributed by atoms with van der Waals surface area (Å²) in [5, 5.41) is 118. The average Bonchev–Trinajstić information content (AvgIpc) is 3.72. The van der Waals surface area contributed by atoms with Gasteiger partial charge in [0.05, 0.1) is 44.7 Å². The van der Waals surface area contributed by atoms with Crippen LogP contribution >= 0.6 is 0 Å². The minimum Gasteiger partial charge on any atom is -0.394 e. The summed E-state index contributed by atoms with van der Waals surface area (Å²) in [6.45, 7) is 7.84. The Morgan fingerprint density at radius 1 is 0.578 bits per heavy atom. The number of aliphatic hydroxyl groups is 11.